The number of benzene rings is 1. The van der Waals surface area contributed by atoms with Crippen molar-refractivity contribution < 1.29 is 14.0 Å². The molecule has 1 aliphatic carbocycles. The molecule has 1 amide bonds. The van der Waals surface area contributed by atoms with E-state index >= 15 is 0 Å². The molecule has 1 saturated carbocycles. The number of carbonyl (C=O) groups excluding carboxylic acids is 2. The molecule has 6 heteroatoms. The number of ketones is 1. The van der Waals surface area contributed by atoms with Crippen LogP contribution in [-0.2, 0) is 4.79 Å². The van der Waals surface area contributed by atoms with Crippen molar-refractivity contribution in [1.82, 2.24) is 10.2 Å². The zero-order valence-corrected chi connectivity index (χ0v) is 15.6. The molecule has 1 N–H and O–H groups in total. The Morgan fingerprint density at radius 1 is 1.15 bits per heavy atom. The number of carbonyl (C=O) groups is 2. The second-order valence-electron chi connectivity index (χ2n) is 7.41. The van der Waals surface area contributed by atoms with E-state index < -0.39 is 0 Å². The summed E-state index contributed by atoms with van der Waals surface area (Å²) in [6, 6.07) is 4.83. The van der Waals surface area contributed by atoms with Crippen molar-refractivity contribution in [3.63, 3.8) is 0 Å². The van der Waals surface area contributed by atoms with Crippen LogP contribution in [0.1, 0.15) is 49.9 Å². The monoisotopic (exact) mass is 361 g/mol. The average Bonchev–Trinajstić information content (AvgIpc) is 3.14. The van der Waals surface area contributed by atoms with Gasteiger partial charge in [0.2, 0.25) is 5.91 Å². The number of rotatable bonds is 5. The summed E-state index contributed by atoms with van der Waals surface area (Å²) in [6.45, 7) is 6.14. The highest BCUT2D eigenvalue weighted by atomic mass is 19.1. The largest absolute Gasteiger partial charge is 0.367 e. The molecule has 1 aromatic rings. The number of Topliss-reactive ketones (excluding diaryl/α,β-unsaturated/α-hetero) is 1. The number of hydrogen-bond donors (Lipinski definition) is 1. The van der Waals surface area contributed by atoms with Crippen molar-refractivity contribution in [2.24, 2.45) is 0 Å². The predicted octanol–water partition coefficient (Wildman–Crippen LogP) is 2.60. The van der Waals surface area contributed by atoms with Crippen LogP contribution in [0, 0.1) is 5.82 Å². The Morgan fingerprint density at radius 3 is 2.38 bits per heavy atom. The van der Waals surface area contributed by atoms with Crippen molar-refractivity contribution in [3.05, 3.63) is 29.6 Å². The Kier molecular flexibility index (Phi) is 5.91. The van der Waals surface area contributed by atoms with Gasteiger partial charge in [0.05, 0.1) is 11.7 Å². The minimum absolute atomic E-state index is 0.0994. The molecule has 1 aromatic carbocycles. The Labute approximate surface area is 154 Å². The van der Waals surface area contributed by atoms with Gasteiger partial charge in [-0.3, -0.25) is 14.5 Å². The summed E-state index contributed by atoms with van der Waals surface area (Å²) in [6.07, 6.45) is 4.57. The van der Waals surface area contributed by atoms with Crippen LogP contribution >= 0.6 is 0 Å². The Hall–Kier alpha value is -1.95. The smallest absolute Gasteiger partial charge is 0.237 e. The number of nitrogens with one attached hydrogen (secondary N) is 1. The Balaban J connectivity index is 1.55. The molecule has 1 saturated heterocycles. The van der Waals surface area contributed by atoms with E-state index in [1.165, 1.54) is 25.8 Å². The fourth-order valence-corrected chi connectivity index (χ4v) is 3.89. The number of hydrogen-bond acceptors (Lipinski definition) is 4. The highest BCUT2D eigenvalue weighted by Gasteiger charge is 2.28. The number of nitrogens with zero attached hydrogens (tertiary/aromatic N) is 2. The van der Waals surface area contributed by atoms with E-state index in [9.17, 15) is 14.0 Å². The molecule has 1 heterocycles. The van der Waals surface area contributed by atoms with E-state index in [2.05, 4.69) is 10.2 Å². The van der Waals surface area contributed by atoms with Crippen LogP contribution in [-0.4, -0.2) is 54.9 Å². The predicted molar refractivity (Wildman–Crippen MR) is 100 cm³/mol. The van der Waals surface area contributed by atoms with Crippen molar-refractivity contribution in [1.29, 1.82) is 0 Å². The molecular formula is C20H28FN3O2. The standard InChI is InChI=1S/C20H28FN3O2/c1-14(20(26)22-17-5-3-4-6-17)23-9-11-24(12-10-23)19-8-7-16(15(2)25)13-18(19)21/h7-8,13-14,17H,3-6,9-12H2,1-2H3,(H,22,26)/t14-/m0/s1. The van der Waals surface area contributed by atoms with E-state index in [0.29, 0.717) is 43.5 Å². The van der Waals surface area contributed by atoms with Crippen LogP contribution in [0.4, 0.5) is 10.1 Å². The lowest BCUT2D eigenvalue weighted by molar-refractivity contribution is -0.126. The van der Waals surface area contributed by atoms with Crippen LogP contribution in [0.15, 0.2) is 18.2 Å². The Morgan fingerprint density at radius 2 is 1.81 bits per heavy atom. The molecule has 0 bridgehead atoms. The van der Waals surface area contributed by atoms with Crippen LogP contribution < -0.4 is 10.2 Å². The second kappa shape index (κ2) is 8.16. The first-order valence-corrected chi connectivity index (χ1v) is 9.55. The zero-order valence-electron chi connectivity index (χ0n) is 15.6. The number of anilines is 1. The summed E-state index contributed by atoms with van der Waals surface area (Å²) in [5.41, 5.74) is 0.916. The molecule has 0 unspecified atom stereocenters. The molecule has 0 spiro atoms. The minimum Gasteiger partial charge on any atom is -0.367 e. The van der Waals surface area contributed by atoms with E-state index in [0.717, 1.165) is 12.8 Å². The molecule has 142 valence electrons. The van der Waals surface area contributed by atoms with Crippen molar-refractivity contribution in [2.75, 3.05) is 31.1 Å². The van der Waals surface area contributed by atoms with E-state index in [4.69, 9.17) is 0 Å². The van der Waals surface area contributed by atoms with Gasteiger partial charge in [0, 0.05) is 37.8 Å². The summed E-state index contributed by atoms with van der Waals surface area (Å²) < 4.78 is 14.3. The van der Waals surface area contributed by atoms with Gasteiger partial charge in [0.25, 0.3) is 0 Å². The average molecular weight is 361 g/mol. The van der Waals surface area contributed by atoms with Gasteiger partial charge in [-0.05, 0) is 44.9 Å². The third kappa shape index (κ3) is 4.23. The maximum absolute atomic E-state index is 14.3. The lowest BCUT2D eigenvalue weighted by Gasteiger charge is -2.38. The van der Waals surface area contributed by atoms with E-state index in [1.807, 2.05) is 11.8 Å². The van der Waals surface area contributed by atoms with E-state index in [1.54, 1.807) is 12.1 Å². The zero-order chi connectivity index (χ0) is 18.7. The third-order valence-electron chi connectivity index (χ3n) is 5.64. The molecule has 26 heavy (non-hydrogen) atoms. The maximum Gasteiger partial charge on any atom is 0.237 e. The van der Waals surface area contributed by atoms with Gasteiger partial charge < -0.3 is 10.2 Å². The number of amides is 1. The van der Waals surface area contributed by atoms with Gasteiger partial charge in [-0.15, -0.1) is 0 Å². The van der Waals surface area contributed by atoms with Crippen LogP contribution in [0.25, 0.3) is 0 Å². The number of piperazine rings is 1. The maximum atomic E-state index is 14.3. The van der Waals surface area contributed by atoms with Gasteiger partial charge >= 0.3 is 0 Å². The first kappa shape index (κ1) is 18.8. The van der Waals surface area contributed by atoms with Gasteiger partial charge in [-0.2, -0.15) is 0 Å². The third-order valence-corrected chi connectivity index (χ3v) is 5.64. The van der Waals surface area contributed by atoms with E-state index in [-0.39, 0.29) is 23.5 Å². The molecule has 3 rings (SSSR count). The normalized spacial score (nSPS) is 20.2. The fraction of sp³-hybridized carbons (Fsp3) is 0.600. The molecule has 0 radical (unpaired) electrons. The summed E-state index contributed by atoms with van der Waals surface area (Å²) in [5.74, 6) is -0.400. The Bertz CT molecular complexity index is 665. The van der Waals surface area contributed by atoms with Crippen LogP contribution in [0.5, 0.6) is 0 Å². The lowest BCUT2D eigenvalue weighted by atomic mass is 10.1. The van der Waals surface area contributed by atoms with Gasteiger partial charge in [0.15, 0.2) is 5.78 Å². The highest BCUT2D eigenvalue weighted by molar-refractivity contribution is 5.94. The molecule has 5 nitrogen and oxygen atoms in total. The highest BCUT2D eigenvalue weighted by Crippen LogP contribution is 2.23. The SMILES string of the molecule is CC(=O)c1ccc(N2CCN([C@@H](C)C(=O)NC3CCCC3)CC2)c(F)c1. The molecular weight excluding hydrogens is 333 g/mol. The van der Waals surface area contributed by atoms with Crippen molar-refractivity contribution >= 4 is 17.4 Å². The fourth-order valence-electron chi connectivity index (χ4n) is 3.89. The summed E-state index contributed by atoms with van der Waals surface area (Å²) >= 11 is 0. The molecule has 1 atom stereocenters. The second-order valence-corrected chi connectivity index (χ2v) is 7.41. The topological polar surface area (TPSA) is 52.7 Å². The molecule has 2 aliphatic rings. The van der Waals surface area contributed by atoms with Crippen LogP contribution in [0.2, 0.25) is 0 Å². The quantitative estimate of drug-likeness (QED) is 0.819. The lowest BCUT2D eigenvalue weighted by Crippen LogP contribution is -2.55. The minimum atomic E-state index is -0.363. The molecule has 1 aliphatic heterocycles. The molecule has 2 fully saturated rings. The van der Waals surface area contributed by atoms with Gasteiger partial charge in [-0.25, -0.2) is 4.39 Å². The van der Waals surface area contributed by atoms with Crippen molar-refractivity contribution in [2.45, 2.75) is 51.6 Å². The summed E-state index contributed by atoms with van der Waals surface area (Å²) in [4.78, 5) is 28.0. The first-order valence-electron chi connectivity index (χ1n) is 9.55. The summed E-state index contributed by atoms with van der Waals surface area (Å²) in [7, 11) is 0. The number of halogens is 1. The first-order chi connectivity index (χ1) is 12.5. The van der Waals surface area contributed by atoms with Crippen molar-refractivity contribution in [3.8, 4) is 0 Å². The van der Waals surface area contributed by atoms with Gasteiger partial charge in [0.1, 0.15) is 5.82 Å². The van der Waals surface area contributed by atoms with Crippen LogP contribution in [0.3, 0.4) is 0 Å². The molecule has 0 aromatic heterocycles. The summed E-state index contributed by atoms with van der Waals surface area (Å²) in [5, 5.41) is 3.16. The van der Waals surface area contributed by atoms with Gasteiger partial charge in [-0.1, -0.05) is 12.8 Å².